The summed E-state index contributed by atoms with van der Waals surface area (Å²) in [6, 6.07) is 18.6. The Labute approximate surface area is 177 Å². The maximum atomic E-state index is 13.0. The van der Waals surface area contributed by atoms with Gasteiger partial charge in [-0.2, -0.15) is 4.68 Å². The highest BCUT2D eigenvalue weighted by atomic mass is 16.5. The van der Waals surface area contributed by atoms with Gasteiger partial charge in [0.25, 0.3) is 5.56 Å². The molecule has 0 aliphatic carbocycles. The molecule has 0 atom stereocenters. The number of nitrogens with zero attached hydrogens (tertiary/aromatic N) is 3. The average molecular weight is 413 g/mol. The minimum atomic E-state index is -0.727. The van der Waals surface area contributed by atoms with E-state index >= 15 is 0 Å². The molecule has 154 valence electrons. The van der Waals surface area contributed by atoms with Crippen LogP contribution in [0.1, 0.15) is 37.4 Å². The minimum absolute atomic E-state index is 0.118. The molecule has 0 bridgehead atoms. The number of carbonyl (C=O) groups is 2. The molecule has 1 aromatic heterocycles. The van der Waals surface area contributed by atoms with Crippen LogP contribution in [0.25, 0.3) is 10.9 Å². The van der Waals surface area contributed by atoms with E-state index in [4.69, 9.17) is 4.74 Å². The number of aromatic nitrogens is 3. The van der Waals surface area contributed by atoms with Crippen molar-refractivity contribution in [3.63, 3.8) is 0 Å². The molecule has 31 heavy (non-hydrogen) atoms. The third-order valence-corrected chi connectivity index (χ3v) is 5.11. The maximum absolute atomic E-state index is 13.0. The quantitative estimate of drug-likeness (QED) is 0.368. The molecule has 0 unspecified atom stereocenters. The van der Waals surface area contributed by atoms with Gasteiger partial charge in [-0.25, -0.2) is 4.79 Å². The van der Waals surface area contributed by atoms with Crippen molar-refractivity contribution in [3.8, 4) is 0 Å². The van der Waals surface area contributed by atoms with E-state index in [0.717, 1.165) is 15.8 Å². The van der Waals surface area contributed by atoms with Crippen LogP contribution in [0.4, 0.5) is 0 Å². The lowest BCUT2D eigenvalue weighted by molar-refractivity contribution is 0.0334. The Morgan fingerprint density at radius 2 is 1.61 bits per heavy atom. The van der Waals surface area contributed by atoms with Gasteiger partial charge in [0.1, 0.15) is 5.52 Å². The Hall–Kier alpha value is -4.13. The molecule has 0 saturated carbocycles. The van der Waals surface area contributed by atoms with Crippen molar-refractivity contribution in [2.45, 2.75) is 20.6 Å². The number of hydrogen-bond donors (Lipinski definition) is 0. The van der Waals surface area contributed by atoms with E-state index < -0.39 is 18.3 Å². The largest absolute Gasteiger partial charge is 0.439 e. The topological polar surface area (TPSA) is 91.2 Å². The van der Waals surface area contributed by atoms with Gasteiger partial charge in [-0.05, 0) is 49.2 Å². The van der Waals surface area contributed by atoms with Gasteiger partial charge in [0, 0.05) is 11.1 Å². The lowest BCUT2D eigenvalue weighted by Gasteiger charge is -2.10. The molecule has 0 N–H and O–H groups in total. The van der Waals surface area contributed by atoms with Gasteiger partial charge in [-0.3, -0.25) is 9.59 Å². The molecule has 1 heterocycles. The number of carbonyl (C=O) groups excluding carboxylic acids is 2. The number of ketones is 1. The van der Waals surface area contributed by atoms with Crippen molar-refractivity contribution < 1.29 is 14.3 Å². The summed E-state index contributed by atoms with van der Waals surface area (Å²) in [7, 11) is 0. The summed E-state index contributed by atoms with van der Waals surface area (Å²) in [5, 5.41) is 8.14. The molecule has 3 aromatic carbocycles. The van der Waals surface area contributed by atoms with E-state index in [-0.39, 0.29) is 16.9 Å². The second-order valence-corrected chi connectivity index (χ2v) is 7.15. The van der Waals surface area contributed by atoms with Gasteiger partial charge in [-0.1, -0.05) is 47.7 Å². The zero-order chi connectivity index (χ0) is 22.0. The molecule has 0 aliphatic rings. The van der Waals surface area contributed by atoms with Crippen molar-refractivity contribution in [2.24, 2.45) is 0 Å². The fourth-order valence-corrected chi connectivity index (χ4v) is 3.20. The fourth-order valence-electron chi connectivity index (χ4n) is 3.20. The molecular formula is C24H19N3O4. The van der Waals surface area contributed by atoms with Crippen molar-refractivity contribution in [1.82, 2.24) is 15.0 Å². The van der Waals surface area contributed by atoms with Crippen LogP contribution >= 0.6 is 0 Å². The first-order valence-electron chi connectivity index (χ1n) is 9.66. The van der Waals surface area contributed by atoms with Gasteiger partial charge in [0.15, 0.2) is 12.5 Å². The lowest BCUT2D eigenvalue weighted by atomic mass is 9.96. The van der Waals surface area contributed by atoms with Crippen LogP contribution in [0.15, 0.2) is 71.5 Å². The molecule has 0 radical (unpaired) electrons. The summed E-state index contributed by atoms with van der Waals surface area (Å²) >= 11 is 0. The molecule has 0 spiro atoms. The highest BCUT2D eigenvalue weighted by molar-refractivity contribution is 6.14. The van der Waals surface area contributed by atoms with Crippen LogP contribution in [-0.4, -0.2) is 26.7 Å². The standard InChI is InChI=1S/C24H19N3O4/c1-15-11-12-17(13-16(15)2)22(28)18-7-3-4-8-19(18)24(30)31-14-27-23(29)20-9-5-6-10-21(20)25-26-27/h3-13H,14H2,1-2H3. The highest BCUT2D eigenvalue weighted by Crippen LogP contribution is 2.18. The van der Waals surface area contributed by atoms with Crippen LogP contribution in [0.5, 0.6) is 0 Å². The number of rotatable bonds is 5. The van der Waals surface area contributed by atoms with Crippen molar-refractivity contribution in [3.05, 3.63) is 105 Å². The summed E-state index contributed by atoms with van der Waals surface area (Å²) in [6.45, 7) is 3.48. The zero-order valence-electron chi connectivity index (χ0n) is 17.0. The van der Waals surface area contributed by atoms with Gasteiger partial charge >= 0.3 is 5.97 Å². The predicted octanol–water partition coefficient (Wildman–Crippen LogP) is 3.45. The van der Waals surface area contributed by atoms with Crippen molar-refractivity contribution in [1.29, 1.82) is 0 Å². The Balaban J connectivity index is 1.59. The molecule has 7 heteroatoms. The predicted molar refractivity (Wildman–Crippen MR) is 115 cm³/mol. The van der Waals surface area contributed by atoms with E-state index in [2.05, 4.69) is 10.3 Å². The third-order valence-electron chi connectivity index (χ3n) is 5.11. The number of hydrogen-bond acceptors (Lipinski definition) is 6. The van der Waals surface area contributed by atoms with Crippen LogP contribution in [-0.2, 0) is 11.5 Å². The van der Waals surface area contributed by atoms with Gasteiger partial charge in [-0.15, -0.1) is 5.10 Å². The maximum Gasteiger partial charge on any atom is 0.340 e. The number of esters is 1. The third kappa shape index (κ3) is 3.98. The number of benzene rings is 3. The van der Waals surface area contributed by atoms with E-state index in [1.165, 1.54) is 6.07 Å². The second-order valence-electron chi connectivity index (χ2n) is 7.15. The first-order chi connectivity index (χ1) is 15.0. The molecule has 0 aliphatic heterocycles. The zero-order valence-corrected chi connectivity index (χ0v) is 17.0. The molecule has 0 saturated heterocycles. The average Bonchev–Trinajstić information content (AvgIpc) is 2.80. The number of ether oxygens (including phenoxy) is 1. The molecule has 4 rings (SSSR count). The Morgan fingerprint density at radius 1 is 0.903 bits per heavy atom. The van der Waals surface area contributed by atoms with Gasteiger partial charge in [0.05, 0.1) is 10.9 Å². The summed E-state index contributed by atoms with van der Waals surface area (Å²) in [5.41, 5.74) is 2.93. The highest BCUT2D eigenvalue weighted by Gasteiger charge is 2.20. The van der Waals surface area contributed by atoms with E-state index in [9.17, 15) is 14.4 Å². The van der Waals surface area contributed by atoms with E-state index in [0.29, 0.717) is 16.5 Å². The number of fused-ring (bicyclic) bond motifs is 1. The van der Waals surface area contributed by atoms with Crippen LogP contribution in [0.3, 0.4) is 0 Å². The van der Waals surface area contributed by atoms with Crippen LogP contribution in [0, 0.1) is 13.8 Å². The first kappa shape index (κ1) is 20.2. The van der Waals surface area contributed by atoms with Crippen molar-refractivity contribution in [2.75, 3.05) is 0 Å². The second kappa shape index (κ2) is 8.31. The first-order valence-corrected chi connectivity index (χ1v) is 9.66. The molecule has 7 nitrogen and oxygen atoms in total. The van der Waals surface area contributed by atoms with E-state index in [1.807, 2.05) is 19.9 Å². The molecule has 0 amide bonds. The number of aryl methyl sites for hydroxylation is 2. The van der Waals surface area contributed by atoms with Crippen LogP contribution in [0.2, 0.25) is 0 Å². The Kier molecular flexibility index (Phi) is 5.41. The molecule has 0 fully saturated rings. The van der Waals surface area contributed by atoms with Crippen LogP contribution < -0.4 is 5.56 Å². The van der Waals surface area contributed by atoms with Gasteiger partial charge < -0.3 is 4.74 Å². The normalized spacial score (nSPS) is 10.8. The Bertz CT molecular complexity index is 1370. The SMILES string of the molecule is Cc1ccc(C(=O)c2ccccc2C(=O)OCn2nnc3ccccc3c2=O)cc1C. The summed E-state index contributed by atoms with van der Waals surface area (Å²) in [6.07, 6.45) is 0. The fraction of sp³-hybridized carbons (Fsp3) is 0.125. The summed E-state index contributed by atoms with van der Waals surface area (Å²) in [5.74, 6) is -1.01. The summed E-state index contributed by atoms with van der Waals surface area (Å²) in [4.78, 5) is 38.3. The monoisotopic (exact) mass is 413 g/mol. The molecule has 4 aromatic rings. The smallest absolute Gasteiger partial charge is 0.340 e. The van der Waals surface area contributed by atoms with Crippen molar-refractivity contribution >= 4 is 22.7 Å². The lowest BCUT2D eigenvalue weighted by Crippen LogP contribution is -2.27. The summed E-state index contributed by atoms with van der Waals surface area (Å²) < 4.78 is 6.25. The Morgan fingerprint density at radius 3 is 2.39 bits per heavy atom. The minimum Gasteiger partial charge on any atom is -0.439 e. The molecular weight excluding hydrogens is 394 g/mol. The van der Waals surface area contributed by atoms with E-state index in [1.54, 1.807) is 54.6 Å². The van der Waals surface area contributed by atoms with Gasteiger partial charge in [0.2, 0.25) is 0 Å².